The van der Waals surface area contributed by atoms with E-state index in [1.165, 1.54) is 0 Å². The Morgan fingerprint density at radius 2 is 2.00 bits per heavy atom. The van der Waals surface area contributed by atoms with Gasteiger partial charge in [-0.15, -0.1) is 12.4 Å². The Kier molecular flexibility index (Phi) is 6.78. The summed E-state index contributed by atoms with van der Waals surface area (Å²) in [5, 5.41) is 6.23. The molecule has 130 valence electrons. The number of halogens is 1. The highest BCUT2D eigenvalue weighted by Gasteiger charge is 2.18. The van der Waals surface area contributed by atoms with E-state index in [2.05, 4.69) is 20.5 Å². The van der Waals surface area contributed by atoms with Crippen molar-refractivity contribution >= 4 is 18.3 Å². The second kappa shape index (κ2) is 8.82. The van der Waals surface area contributed by atoms with Crippen LogP contribution in [0.15, 0.2) is 34.7 Å². The summed E-state index contributed by atoms with van der Waals surface area (Å²) in [6.45, 7) is 7.32. The van der Waals surface area contributed by atoms with Crippen LogP contribution in [0.2, 0.25) is 0 Å². The molecule has 1 aliphatic rings. The van der Waals surface area contributed by atoms with Gasteiger partial charge in [-0.05, 0) is 19.1 Å². The third-order valence-corrected chi connectivity index (χ3v) is 3.95. The van der Waals surface area contributed by atoms with Crippen molar-refractivity contribution in [3.05, 3.63) is 41.8 Å². The zero-order valence-corrected chi connectivity index (χ0v) is 14.6. The first-order chi connectivity index (χ1) is 11.2. The van der Waals surface area contributed by atoms with Crippen molar-refractivity contribution in [2.24, 2.45) is 0 Å². The molecule has 1 aromatic heterocycles. The summed E-state index contributed by atoms with van der Waals surface area (Å²) in [4.78, 5) is 19.0. The van der Waals surface area contributed by atoms with Gasteiger partial charge in [0.15, 0.2) is 0 Å². The topological polar surface area (TPSA) is 70.4 Å². The van der Waals surface area contributed by atoms with Gasteiger partial charge < -0.3 is 15.1 Å². The number of carbonyl (C=O) groups is 1. The van der Waals surface area contributed by atoms with Crippen LogP contribution >= 0.6 is 12.4 Å². The molecular weight excluding hydrogens is 328 g/mol. The number of hydrogen-bond acceptors (Lipinski definition) is 5. The first-order valence-corrected chi connectivity index (χ1v) is 7.98. The number of piperazine rings is 1. The van der Waals surface area contributed by atoms with Gasteiger partial charge in [0.1, 0.15) is 0 Å². The summed E-state index contributed by atoms with van der Waals surface area (Å²) >= 11 is 0. The second-order valence-electron chi connectivity index (χ2n) is 5.65. The van der Waals surface area contributed by atoms with Gasteiger partial charge in [-0.1, -0.05) is 18.2 Å². The van der Waals surface area contributed by atoms with Crippen LogP contribution < -0.4 is 10.6 Å². The van der Waals surface area contributed by atoms with E-state index in [9.17, 15) is 4.79 Å². The van der Waals surface area contributed by atoms with E-state index in [1.807, 2.05) is 30.3 Å². The molecule has 0 saturated carbocycles. The molecule has 0 atom stereocenters. The first-order valence-electron chi connectivity index (χ1n) is 7.98. The third kappa shape index (κ3) is 4.56. The molecule has 1 saturated heterocycles. The Balaban J connectivity index is 0.00000208. The van der Waals surface area contributed by atoms with E-state index in [-0.39, 0.29) is 18.3 Å². The monoisotopic (exact) mass is 350 g/mol. The third-order valence-electron chi connectivity index (χ3n) is 3.95. The average Bonchev–Trinajstić information content (AvgIpc) is 2.98. The minimum atomic E-state index is -0.202. The number of oxazole rings is 1. The fourth-order valence-corrected chi connectivity index (χ4v) is 2.65. The van der Waals surface area contributed by atoms with Crippen molar-refractivity contribution in [1.82, 2.24) is 20.5 Å². The lowest BCUT2D eigenvalue weighted by Crippen LogP contribution is -2.46. The van der Waals surface area contributed by atoms with Crippen molar-refractivity contribution < 1.29 is 9.21 Å². The molecule has 2 aromatic rings. The van der Waals surface area contributed by atoms with Gasteiger partial charge >= 0.3 is 0 Å². The zero-order valence-electron chi connectivity index (χ0n) is 13.7. The molecule has 24 heavy (non-hydrogen) atoms. The maximum absolute atomic E-state index is 12.3. The number of benzene rings is 1. The van der Waals surface area contributed by atoms with Gasteiger partial charge in [0.25, 0.3) is 5.91 Å². The largest absolute Gasteiger partial charge is 0.431 e. The van der Waals surface area contributed by atoms with Crippen molar-refractivity contribution in [3.63, 3.8) is 0 Å². The van der Waals surface area contributed by atoms with Gasteiger partial charge in [0.05, 0.1) is 5.69 Å². The molecule has 1 aromatic carbocycles. The highest BCUT2D eigenvalue weighted by molar-refractivity contribution is 5.92. The van der Waals surface area contributed by atoms with Crippen LogP contribution in [-0.4, -0.2) is 55.1 Å². The van der Waals surface area contributed by atoms with Crippen molar-refractivity contribution in [2.75, 3.05) is 39.3 Å². The van der Waals surface area contributed by atoms with Crippen molar-refractivity contribution in [1.29, 1.82) is 0 Å². The minimum absolute atomic E-state index is 0. The average molecular weight is 351 g/mol. The van der Waals surface area contributed by atoms with Crippen LogP contribution in [0.5, 0.6) is 0 Å². The van der Waals surface area contributed by atoms with E-state index >= 15 is 0 Å². The number of aromatic nitrogens is 1. The lowest BCUT2D eigenvalue weighted by atomic mass is 10.2. The van der Waals surface area contributed by atoms with Crippen molar-refractivity contribution in [2.45, 2.75) is 6.92 Å². The first kappa shape index (κ1) is 18.4. The molecule has 0 spiro atoms. The molecule has 2 heterocycles. The van der Waals surface area contributed by atoms with Gasteiger partial charge in [0, 0.05) is 44.8 Å². The van der Waals surface area contributed by atoms with Gasteiger partial charge in [-0.2, -0.15) is 0 Å². The molecule has 0 aliphatic carbocycles. The molecule has 1 amide bonds. The lowest BCUT2D eigenvalue weighted by Gasteiger charge is -2.26. The number of amides is 1. The van der Waals surface area contributed by atoms with E-state index in [0.717, 1.165) is 38.3 Å². The van der Waals surface area contributed by atoms with Crippen LogP contribution in [-0.2, 0) is 0 Å². The number of aryl methyl sites for hydroxylation is 1. The summed E-state index contributed by atoms with van der Waals surface area (Å²) in [7, 11) is 0. The second-order valence-corrected chi connectivity index (χ2v) is 5.65. The van der Waals surface area contributed by atoms with Crippen molar-refractivity contribution in [3.8, 4) is 11.5 Å². The summed E-state index contributed by atoms with van der Waals surface area (Å²) in [5.74, 6) is 0.576. The Hall–Kier alpha value is -1.89. The van der Waals surface area contributed by atoms with E-state index in [0.29, 0.717) is 23.9 Å². The SMILES string of the molecule is Cc1nc(-c2ccccc2)oc1C(=O)NCCN1CCNCC1.Cl. The molecule has 0 unspecified atom stereocenters. The van der Waals surface area contributed by atoms with Crippen LogP contribution in [0.25, 0.3) is 11.5 Å². The van der Waals surface area contributed by atoms with E-state index in [4.69, 9.17) is 4.42 Å². The maximum atomic E-state index is 12.3. The number of rotatable bonds is 5. The molecule has 6 nitrogen and oxygen atoms in total. The molecule has 1 fully saturated rings. The summed E-state index contributed by atoms with van der Waals surface area (Å²) in [6, 6.07) is 9.60. The quantitative estimate of drug-likeness (QED) is 0.859. The minimum Gasteiger partial charge on any atom is -0.431 e. The summed E-state index contributed by atoms with van der Waals surface area (Å²) in [5.41, 5.74) is 1.49. The molecule has 0 bridgehead atoms. The number of carbonyl (C=O) groups excluding carboxylic acids is 1. The Labute approximate surface area is 148 Å². The summed E-state index contributed by atoms with van der Waals surface area (Å²) < 4.78 is 5.66. The molecule has 0 radical (unpaired) electrons. The Morgan fingerprint density at radius 1 is 1.29 bits per heavy atom. The van der Waals surface area contributed by atoms with Gasteiger partial charge in [-0.3, -0.25) is 9.69 Å². The molecule has 7 heteroatoms. The van der Waals surface area contributed by atoms with Gasteiger partial charge in [-0.25, -0.2) is 4.98 Å². The molecule has 2 N–H and O–H groups in total. The number of nitrogens with one attached hydrogen (secondary N) is 2. The molecular formula is C17H23ClN4O2. The molecule has 1 aliphatic heterocycles. The molecule has 3 rings (SSSR count). The Morgan fingerprint density at radius 3 is 2.71 bits per heavy atom. The normalized spacial score (nSPS) is 14.9. The smallest absolute Gasteiger partial charge is 0.289 e. The predicted molar refractivity (Wildman–Crippen MR) is 95.6 cm³/mol. The number of hydrogen-bond donors (Lipinski definition) is 2. The standard InChI is InChI=1S/C17H22N4O2.ClH/c1-13-15(23-17(20-13)14-5-3-2-4-6-14)16(22)19-9-12-21-10-7-18-8-11-21;/h2-6,18H,7-12H2,1H3,(H,19,22);1H. The van der Waals surface area contributed by atoms with Gasteiger partial charge in [0.2, 0.25) is 11.7 Å². The van der Waals surface area contributed by atoms with Crippen LogP contribution in [0, 0.1) is 6.92 Å². The highest BCUT2D eigenvalue weighted by atomic mass is 35.5. The zero-order chi connectivity index (χ0) is 16.1. The maximum Gasteiger partial charge on any atom is 0.289 e. The Bertz CT molecular complexity index is 654. The fraction of sp³-hybridized carbons (Fsp3) is 0.412. The van der Waals surface area contributed by atoms with Crippen LogP contribution in [0.1, 0.15) is 16.2 Å². The lowest BCUT2D eigenvalue weighted by molar-refractivity contribution is 0.0919. The van der Waals surface area contributed by atoms with E-state index in [1.54, 1.807) is 6.92 Å². The fourth-order valence-electron chi connectivity index (χ4n) is 2.65. The number of nitrogens with zero attached hydrogens (tertiary/aromatic N) is 2. The summed E-state index contributed by atoms with van der Waals surface area (Å²) in [6.07, 6.45) is 0. The predicted octanol–water partition coefficient (Wildman–Crippen LogP) is 1.71. The van der Waals surface area contributed by atoms with Crippen LogP contribution in [0.4, 0.5) is 0 Å². The van der Waals surface area contributed by atoms with E-state index < -0.39 is 0 Å². The highest BCUT2D eigenvalue weighted by Crippen LogP contribution is 2.21. The van der Waals surface area contributed by atoms with Crippen LogP contribution in [0.3, 0.4) is 0 Å².